The first kappa shape index (κ1) is 25.7. The summed E-state index contributed by atoms with van der Waals surface area (Å²) in [4.78, 5) is 52.4. The monoisotopic (exact) mass is 512 g/mol. The zero-order valence-electron chi connectivity index (χ0n) is 20.2. The van der Waals surface area contributed by atoms with Gasteiger partial charge >= 0.3 is 0 Å². The quantitative estimate of drug-likeness (QED) is 0.381. The molecule has 1 aliphatic carbocycles. The van der Waals surface area contributed by atoms with Crippen LogP contribution in [0.4, 0.5) is 5.69 Å². The molecule has 3 atom stereocenters. The number of anilines is 1. The number of carbonyl (C=O) groups excluding carboxylic acids is 4. The van der Waals surface area contributed by atoms with E-state index in [0.29, 0.717) is 24.9 Å². The Morgan fingerprint density at radius 1 is 1.19 bits per heavy atom. The minimum atomic E-state index is -2.08. The van der Waals surface area contributed by atoms with E-state index in [1.165, 1.54) is 16.8 Å². The summed E-state index contributed by atoms with van der Waals surface area (Å²) >= 11 is 6.14. The lowest BCUT2D eigenvalue weighted by Gasteiger charge is -2.39. The molecule has 0 saturated carbocycles. The molecular weight excluding hydrogens is 484 g/mol. The average molecular weight is 513 g/mol. The van der Waals surface area contributed by atoms with Crippen LogP contribution < -0.4 is 10.6 Å². The van der Waals surface area contributed by atoms with E-state index in [2.05, 4.69) is 10.6 Å². The molecule has 2 aromatic rings. The summed E-state index contributed by atoms with van der Waals surface area (Å²) in [6, 6.07) is 14.7. The Labute approximate surface area is 214 Å². The lowest BCUT2D eigenvalue weighted by molar-refractivity contribution is -0.150. The normalized spacial score (nSPS) is 25.2. The van der Waals surface area contributed by atoms with Crippen LogP contribution in [0, 0.1) is 0 Å². The minimum Gasteiger partial charge on any atom is -0.367 e. The van der Waals surface area contributed by atoms with Gasteiger partial charge in [0.15, 0.2) is 0 Å². The summed E-state index contributed by atoms with van der Waals surface area (Å²) in [7, 11) is 3.11. The molecule has 1 fully saturated rings. The number of aliphatic hydroxyl groups is 1. The Morgan fingerprint density at radius 3 is 2.56 bits per heavy atom. The van der Waals surface area contributed by atoms with Crippen molar-refractivity contribution in [2.75, 3.05) is 32.5 Å². The van der Waals surface area contributed by atoms with Crippen molar-refractivity contribution in [2.45, 2.75) is 35.8 Å². The van der Waals surface area contributed by atoms with Gasteiger partial charge in [-0.2, -0.15) is 0 Å². The first-order valence-corrected chi connectivity index (χ1v) is 12.0. The van der Waals surface area contributed by atoms with Gasteiger partial charge in [0.25, 0.3) is 5.91 Å². The van der Waals surface area contributed by atoms with E-state index in [-0.39, 0.29) is 31.3 Å². The smallest absolute Gasteiger partial charge is 0.270 e. The summed E-state index contributed by atoms with van der Waals surface area (Å²) in [5.74, 6) is -1.62. The van der Waals surface area contributed by atoms with Crippen molar-refractivity contribution in [3.63, 3.8) is 0 Å². The highest BCUT2D eigenvalue weighted by molar-refractivity contribution is 6.33. The standard InChI is InChI=1S/C26H29ClN4O5/c1-28-23(34)25(30(2)16-32)11-18-8-9-21(10-19(18)12-25)29-22(33)15-31-14-20(13-26(27,36)24(31)35)17-6-4-3-5-7-17/h3-10,16,20,36H,11-15H2,1-2H3,(H,28,34)(H,29,33). The maximum atomic E-state index is 12.9. The van der Waals surface area contributed by atoms with Crippen LogP contribution in [0.25, 0.3) is 0 Å². The fourth-order valence-corrected chi connectivity index (χ4v) is 5.47. The summed E-state index contributed by atoms with van der Waals surface area (Å²) in [5.41, 5.74) is 2.16. The number of likely N-dealkylation sites (N-methyl/N-ethyl adjacent to an activating group) is 2. The number of rotatable bonds is 7. The van der Waals surface area contributed by atoms with Gasteiger partial charge in [0.2, 0.25) is 23.3 Å². The van der Waals surface area contributed by atoms with Crippen LogP contribution in [0.5, 0.6) is 0 Å². The van der Waals surface area contributed by atoms with Crippen LogP contribution in [0.2, 0.25) is 0 Å². The molecule has 0 aromatic heterocycles. The van der Waals surface area contributed by atoms with Crippen molar-refractivity contribution in [1.82, 2.24) is 15.1 Å². The Balaban J connectivity index is 1.47. The SMILES string of the molecule is CNC(=O)C1(N(C)C=O)Cc2ccc(NC(=O)CN3CC(c4ccccc4)CC(O)(Cl)C3=O)cc2C1. The van der Waals surface area contributed by atoms with Gasteiger partial charge in [-0.25, -0.2) is 0 Å². The predicted octanol–water partition coefficient (Wildman–Crippen LogP) is 1.24. The van der Waals surface area contributed by atoms with Crippen molar-refractivity contribution >= 4 is 41.4 Å². The van der Waals surface area contributed by atoms with Crippen LogP contribution in [-0.4, -0.2) is 76.8 Å². The predicted molar refractivity (Wildman–Crippen MR) is 134 cm³/mol. The van der Waals surface area contributed by atoms with E-state index >= 15 is 0 Å². The van der Waals surface area contributed by atoms with Crippen molar-refractivity contribution < 1.29 is 24.3 Å². The summed E-state index contributed by atoms with van der Waals surface area (Å²) in [5, 5.41) is 13.9. The molecule has 10 heteroatoms. The number of piperidine rings is 1. The van der Waals surface area contributed by atoms with Gasteiger partial charge < -0.3 is 25.5 Å². The zero-order chi connectivity index (χ0) is 26.1. The molecule has 1 aliphatic heterocycles. The van der Waals surface area contributed by atoms with Gasteiger partial charge in [0.1, 0.15) is 12.1 Å². The van der Waals surface area contributed by atoms with Crippen LogP contribution in [0.3, 0.4) is 0 Å². The van der Waals surface area contributed by atoms with Crippen LogP contribution in [0.1, 0.15) is 29.0 Å². The molecule has 0 radical (unpaired) electrons. The number of halogens is 1. The van der Waals surface area contributed by atoms with Gasteiger partial charge in [0, 0.05) is 51.5 Å². The van der Waals surface area contributed by atoms with Gasteiger partial charge in [-0.05, 0) is 28.8 Å². The molecule has 3 N–H and O–H groups in total. The summed E-state index contributed by atoms with van der Waals surface area (Å²) in [6.07, 6.45) is 1.37. The van der Waals surface area contributed by atoms with E-state index in [1.807, 2.05) is 36.4 Å². The lowest BCUT2D eigenvalue weighted by Crippen LogP contribution is -2.57. The highest BCUT2D eigenvalue weighted by Crippen LogP contribution is 2.37. The Bertz CT molecular complexity index is 1190. The largest absolute Gasteiger partial charge is 0.367 e. The van der Waals surface area contributed by atoms with E-state index in [9.17, 15) is 24.3 Å². The Hall–Kier alpha value is -3.43. The molecule has 4 rings (SSSR count). The third kappa shape index (κ3) is 4.81. The Morgan fingerprint density at radius 2 is 1.89 bits per heavy atom. The van der Waals surface area contributed by atoms with Gasteiger partial charge in [-0.15, -0.1) is 0 Å². The van der Waals surface area contributed by atoms with Crippen molar-refractivity contribution in [1.29, 1.82) is 0 Å². The Kier molecular flexibility index (Phi) is 7.06. The van der Waals surface area contributed by atoms with E-state index in [4.69, 9.17) is 11.6 Å². The third-order valence-electron chi connectivity index (χ3n) is 7.12. The summed E-state index contributed by atoms with van der Waals surface area (Å²) < 4.78 is 0. The first-order chi connectivity index (χ1) is 17.1. The fourth-order valence-electron chi connectivity index (χ4n) is 5.17. The molecule has 2 aromatic carbocycles. The number of amides is 4. The number of hydrogen-bond donors (Lipinski definition) is 3. The molecule has 36 heavy (non-hydrogen) atoms. The molecule has 1 heterocycles. The number of alkyl halides is 1. The molecule has 1 saturated heterocycles. The maximum absolute atomic E-state index is 12.9. The fraction of sp³-hybridized carbons (Fsp3) is 0.385. The molecule has 3 unspecified atom stereocenters. The van der Waals surface area contributed by atoms with Crippen molar-refractivity contribution in [3.8, 4) is 0 Å². The number of fused-ring (bicyclic) bond motifs is 1. The molecular formula is C26H29ClN4O5. The molecule has 4 amide bonds. The highest BCUT2D eigenvalue weighted by Gasteiger charge is 2.47. The van der Waals surface area contributed by atoms with Gasteiger partial charge in [-0.1, -0.05) is 48.0 Å². The number of hydrogen-bond acceptors (Lipinski definition) is 5. The molecule has 0 bridgehead atoms. The second kappa shape index (κ2) is 9.91. The number of likely N-dealkylation sites (tertiary alicyclic amines) is 1. The molecule has 0 spiro atoms. The van der Waals surface area contributed by atoms with Gasteiger partial charge in [0.05, 0.1) is 0 Å². The topological polar surface area (TPSA) is 119 Å². The lowest BCUT2D eigenvalue weighted by atomic mass is 9.88. The van der Waals surface area contributed by atoms with E-state index in [0.717, 1.165) is 16.7 Å². The molecule has 2 aliphatic rings. The van der Waals surface area contributed by atoms with Crippen molar-refractivity contribution in [3.05, 3.63) is 65.2 Å². The van der Waals surface area contributed by atoms with Crippen LogP contribution in [0.15, 0.2) is 48.5 Å². The minimum absolute atomic E-state index is 0.0582. The summed E-state index contributed by atoms with van der Waals surface area (Å²) in [6.45, 7) is -0.0213. The molecule has 9 nitrogen and oxygen atoms in total. The number of carbonyl (C=O) groups is 4. The van der Waals surface area contributed by atoms with Crippen LogP contribution in [-0.2, 0) is 32.0 Å². The third-order valence-corrected chi connectivity index (χ3v) is 7.43. The van der Waals surface area contributed by atoms with E-state index in [1.54, 1.807) is 19.2 Å². The van der Waals surface area contributed by atoms with E-state index < -0.39 is 22.4 Å². The second-order valence-corrected chi connectivity index (χ2v) is 10.1. The first-order valence-electron chi connectivity index (χ1n) is 11.7. The van der Waals surface area contributed by atoms with Crippen molar-refractivity contribution in [2.24, 2.45) is 0 Å². The van der Waals surface area contributed by atoms with Crippen LogP contribution >= 0.6 is 11.6 Å². The second-order valence-electron chi connectivity index (χ2n) is 9.47. The number of nitrogens with one attached hydrogen (secondary N) is 2. The zero-order valence-corrected chi connectivity index (χ0v) is 20.9. The molecule has 190 valence electrons. The maximum Gasteiger partial charge on any atom is 0.270 e. The number of nitrogens with zero attached hydrogens (tertiary/aromatic N) is 2. The highest BCUT2D eigenvalue weighted by atomic mass is 35.5. The average Bonchev–Trinajstić information content (AvgIpc) is 3.26. The number of benzene rings is 2. The van der Waals surface area contributed by atoms with Gasteiger partial charge in [-0.3, -0.25) is 19.2 Å².